The maximum atomic E-state index is 14.0. The van der Waals surface area contributed by atoms with E-state index in [0.29, 0.717) is 31.9 Å². The van der Waals surface area contributed by atoms with Crippen LogP contribution in [-0.4, -0.2) is 48.3 Å². The number of piperidine rings is 1. The molecule has 0 atom stereocenters. The second kappa shape index (κ2) is 7.94. The molecule has 4 nitrogen and oxygen atoms in total. The van der Waals surface area contributed by atoms with Crippen molar-refractivity contribution in [2.75, 3.05) is 26.3 Å². The van der Waals surface area contributed by atoms with E-state index in [1.165, 1.54) is 4.90 Å². The number of aliphatic hydroxyl groups excluding tert-OH is 1. The third-order valence-corrected chi connectivity index (χ3v) is 3.92. The molecule has 134 valence electrons. The number of benzene rings is 1. The highest BCUT2D eigenvalue weighted by Crippen LogP contribution is 2.32. The minimum absolute atomic E-state index is 0.0339. The summed E-state index contributed by atoms with van der Waals surface area (Å²) in [6, 6.07) is 2.72. The Labute approximate surface area is 137 Å². The van der Waals surface area contributed by atoms with E-state index in [0.717, 1.165) is 12.1 Å². The third kappa shape index (κ3) is 4.45. The van der Waals surface area contributed by atoms with Gasteiger partial charge in [0.1, 0.15) is 5.82 Å². The Morgan fingerprint density at radius 2 is 1.96 bits per heavy atom. The molecule has 8 heteroatoms. The Kier molecular flexibility index (Phi) is 6.17. The average Bonchev–Trinajstić information content (AvgIpc) is 2.54. The van der Waals surface area contributed by atoms with Gasteiger partial charge in [-0.05, 0) is 31.4 Å². The zero-order valence-electron chi connectivity index (χ0n) is 13.0. The first-order valence-corrected chi connectivity index (χ1v) is 7.72. The largest absolute Gasteiger partial charge is 0.419 e. The van der Waals surface area contributed by atoms with E-state index in [4.69, 9.17) is 9.84 Å². The van der Waals surface area contributed by atoms with E-state index in [-0.39, 0.29) is 25.8 Å². The predicted octanol–water partition coefficient (Wildman–Crippen LogP) is 2.85. The molecule has 1 saturated heterocycles. The fourth-order valence-electron chi connectivity index (χ4n) is 2.63. The highest BCUT2D eigenvalue weighted by atomic mass is 19.4. The second-order valence-electron chi connectivity index (χ2n) is 5.60. The summed E-state index contributed by atoms with van der Waals surface area (Å²) < 4.78 is 57.8. The summed E-state index contributed by atoms with van der Waals surface area (Å²) in [7, 11) is 0. The SMILES string of the molecule is O=C(c1cccc(C(F)(F)F)c1F)N1CCC(OCCCO)CC1. The van der Waals surface area contributed by atoms with Crippen LogP contribution >= 0.6 is 0 Å². The van der Waals surface area contributed by atoms with Gasteiger partial charge in [0.25, 0.3) is 5.91 Å². The average molecular weight is 349 g/mol. The smallest absolute Gasteiger partial charge is 0.396 e. The molecule has 2 rings (SSSR count). The van der Waals surface area contributed by atoms with Crippen LogP contribution in [0.15, 0.2) is 18.2 Å². The molecule has 0 spiro atoms. The van der Waals surface area contributed by atoms with Gasteiger partial charge in [-0.1, -0.05) is 6.07 Å². The van der Waals surface area contributed by atoms with E-state index in [9.17, 15) is 22.4 Å². The third-order valence-electron chi connectivity index (χ3n) is 3.92. The fourth-order valence-corrected chi connectivity index (χ4v) is 2.63. The van der Waals surface area contributed by atoms with Crippen molar-refractivity contribution in [2.24, 2.45) is 0 Å². The summed E-state index contributed by atoms with van der Waals surface area (Å²) in [5.41, 5.74) is -2.00. The van der Waals surface area contributed by atoms with Crippen molar-refractivity contribution < 1.29 is 32.2 Å². The zero-order valence-corrected chi connectivity index (χ0v) is 13.0. The van der Waals surface area contributed by atoms with Crippen LogP contribution in [-0.2, 0) is 10.9 Å². The van der Waals surface area contributed by atoms with Crippen molar-refractivity contribution in [3.63, 3.8) is 0 Å². The molecule has 1 aliphatic heterocycles. The van der Waals surface area contributed by atoms with Crippen LogP contribution in [0.4, 0.5) is 17.6 Å². The van der Waals surface area contributed by atoms with Crippen LogP contribution in [0.25, 0.3) is 0 Å². The van der Waals surface area contributed by atoms with Crippen LogP contribution in [0.1, 0.15) is 35.2 Å². The van der Waals surface area contributed by atoms with Crippen LogP contribution < -0.4 is 0 Å². The Morgan fingerprint density at radius 1 is 1.29 bits per heavy atom. The van der Waals surface area contributed by atoms with Crippen molar-refractivity contribution in [1.29, 1.82) is 0 Å². The minimum atomic E-state index is -4.84. The lowest BCUT2D eigenvalue weighted by Crippen LogP contribution is -2.41. The normalized spacial score (nSPS) is 16.5. The molecule has 1 amide bonds. The predicted molar refractivity (Wildman–Crippen MR) is 78.0 cm³/mol. The van der Waals surface area contributed by atoms with Crippen LogP contribution in [0.2, 0.25) is 0 Å². The Bertz CT molecular complexity index is 569. The number of alkyl halides is 3. The quantitative estimate of drug-likeness (QED) is 0.657. The number of hydrogen-bond donors (Lipinski definition) is 1. The summed E-state index contributed by atoms with van der Waals surface area (Å²) in [4.78, 5) is 13.6. The highest BCUT2D eigenvalue weighted by Gasteiger charge is 2.36. The lowest BCUT2D eigenvalue weighted by atomic mass is 10.0. The van der Waals surface area contributed by atoms with Gasteiger partial charge in [-0.3, -0.25) is 4.79 Å². The zero-order chi connectivity index (χ0) is 17.7. The van der Waals surface area contributed by atoms with E-state index in [1.807, 2.05) is 0 Å². The summed E-state index contributed by atoms with van der Waals surface area (Å²) in [6.45, 7) is 1.03. The number of likely N-dealkylation sites (tertiary alicyclic amines) is 1. The van der Waals surface area contributed by atoms with Gasteiger partial charge in [0.15, 0.2) is 0 Å². The molecule has 0 radical (unpaired) electrons. The summed E-state index contributed by atoms with van der Waals surface area (Å²) in [5.74, 6) is -2.27. The van der Waals surface area contributed by atoms with Gasteiger partial charge in [-0.15, -0.1) is 0 Å². The molecule has 1 aliphatic rings. The lowest BCUT2D eigenvalue weighted by molar-refractivity contribution is -0.140. The summed E-state index contributed by atoms with van der Waals surface area (Å²) in [6.07, 6.45) is -3.33. The molecule has 0 unspecified atom stereocenters. The number of ether oxygens (including phenoxy) is 1. The fraction of sp³-hybridized carbons (Fsp3) is 0.562. The van der Waals surface area contributed by atoms with E-state index in [1.54, 1.807) is 0 Å². The molecule has 1 aromatic rings. The van der Waals surface area contributed by atoms with Crippen LogP contribution in [0.5, 0.6) is 0 Å². The van der Waals surface area contributed by atoms with Crippen molar-refractivity contribution in [2.45, 2.75) is 31.5 Å². The summed E-state index contributed by atoms with van der Waals surface area (Å²) >= 11 is 0. The van der Waals surface area contributed by atoms with Gasteiger partial charge in [0.05, 0.1) is 17.2 Å². The monoisotopic (exact) mass is 349 g/mol. The number of carbonyl (C=O) groups excluding carboxylic acids is 1. The number of nitrogens with zero attached hydrogens (tertiary/aromatic N) is 1. The molecule has 24 heavy (non-hydrogen) atoms. The van der Waals surface area contributed by atoms with Crippen molar-refractivity contribution in [3.8, 4) is 0 Å². The molecule has 1 fully saturated rings. The van der Waals surface area contributed by atoms with Gasteiger partial charge in [-0.2, -0.15) is 13.2 Å². The Hall–Kier alpha value is -1.67. The number of hydrogen-bond acceptors (Lipinski definition) is 3. The number of carbonyl (C=O) groups is 1. The van der Waals surface area contributed by atoms with E-state index in [2.05, 4.69) is 0 Å². The van der Waals surface area contributed by atoms with Crippen molar-refractivity contribution >= 4 is 5.91 Å². The first kappa shape index (κ1) is 18.7. The Balaban J connectivity index is 2.01. The molecule has 1 N–H and O–H groups in total. The number of halogens is 4. The maximum Gasteiger partial charge on any atom is 0.419 e. The molecular formula is C16H19F4NO3. The highest BCUT2D eigenvalue weighted by molar-refractivity contribution is 5.94. The lowest BCUT2D eigenvalue weighted by Gasteiger charge is -2.32. The standard InChI is InChI=1S/C16H19F4NO3/c17-14-12(3-1-4-13(14)16(18,19)20)15(23)21-7-5-11(6-8-21)24-10-2-9-22/h1,3-4,11,22H,2,5-10H2. The van der Waals surface area contributed by atoms with Gasteiger partial charge in [0, 0.05) is 26.3 Å². The molecule has 1 heterocycles. The first-order chi connectivity index (χ1) is 11.3. The summed E-state index contributed by atoms with van der Waals surface area (Å²) in [5, 5.41) is 8.69. The number of aliphatic hydroxyl groups is 1. The van der Waals surface area contributed by atoms with Crippen LogP contribution in [0, 0.1) is 5.82 Å². The van der Waals surface area contributed by atoms with Gasteiger partial charge in [0.2, 0.25) is 0 Å². The molecule has 0 saturated carbocycles. The van der Waals surface area contributed by atoms with Gasteiger partial charge >= 0.3 is 6.18 Å². The molecular weight excluding hydrogens is 330 g/mol. The first-order valence-electron chi connectivity index (χ1n) is 7.72. The Morgan fingerprint density at radius 3 is 2.54 bits per heavy atom. The topological polar surface area (TPSA) is 49.8 Å². The number of rotatable bonds is 5. The van der Waals surface area contributed by atoms with E-state index < -0.39 is 29.0 Å². The van der Waals surface area contributed by atoms with Crippen LogP contribution in [0.3, 0.4) is 0 Å². The second-order valence-corrected chi connectivity index (χ2v) is 5.60. The maximum absolute atomic E-state index is 14.0. The number of amides is 1. The van der Waals surface area contributed by atoms with Gasteiger partial charge < -0.3 is 14.7 Å². The van der Waals surface area contributed by atoms with Crippen molar-refractivity contribution in [3.05, 3.63) is 35.1 Å². The molecule has 0 aliphatic carbocycles. The molecule has 0 bridgehead atoms. The minimum Gasteiger partial charge on any atom is -0.396 e. The van der Waals surface area contributed by atoms with Crippen molar-refractivity contribution in [1.82, 2.24) is 4.90 Å². The molecule has 1 aromatic carbocycles. The molecule has 0 aromatic heterocycles. The van der Waals surface area contributed by atoms with Gasteiger partial charge in [-0.25, -0.2) is 4.39 Å². The van der Waals surface area contributed by atoms with E-state index >= 15 is 0 Å².